The average Bonchev–Trinajstić information content (AvgIpc) is 2.91. The first-order valence-corrected chi connectivity index (χ1v) is 12.7. The fourth-order valence-electron chi connectivity index (χ4n) is 4.46. The summed E-state index contributed by atoms with van der Waals surface area (Å²) in [6, 6.07) is 8.14. The van der Waals surface area contributed by atoms with E-state index >= 15 is 0 Å². The van der Waals surface area contributed by atoms with Gasteiger partial charge in [-0.15, -0.1) is 0 Å². The van der Waals surface area contributed by atoms with Crippen molar-refractivity contribution in [3.8, 4) is 34.3 Å². The van der Waals surface area contributed by atoms with Crippen LogP contribution in [0.1, 0.15) is 32.3 Å². The monoisotopic (exact) mass is 542 g/mol. The first kappa shape index (κ1) is 28.4. The van der Waals surface area contributed by atoms with E-state index in [0.29, 0.717) is 23.3 Å². The van der Waals surface area contributed by atoms with Gasteiger partial charge in [0.1, 0.15) is 34.8 Å². The fraction of sp³-hybridized carbons (Fsp3) is 0.414. The number of fused-ring (bicyclic) bond motifs is 1. The summed E-state index contributed by atoms with van der Waals surface area (Å²) in [6.45, 7) is 3.09. The third-order valence-electron chi connectivity index (χ3n) is 6.38. The lowest BCUT2D eigenvalue weighted by atomic mass is 10.0. The minimum atomic E-state index is -0.895. The highest BCUT2D eigenvalue weighted by Gasteiger charge is 2.31. The molecule has 2 heterocycles. The van der Waals surface area contributed by atoms with Crippen molar-refractivity contribution in [2.45, 2.75) is 51.6 Å². The minimum absolute atomic E-state index is 0.0949. The molecule has 10 nitrogen and oxygen atoms in total. The predicted molar refractivity (Wildman–Crippen MR) is 143 cm³/mol. The number of methoxy groups -OCH3 is 1. The maximum Gasteiger partial charge on any atom is 0.239 e. The molecule has 3 aromatic rings. The van der Waals surface area contributed by atoms with Crippen LogP contribution in [-0.2, 0) is 11.2 Å². The number of hydrogen-bond donors (Lipinski definition) is 4. The number of aromatic hydroxyl groups is 1. The Balaban J connectivity index is 1.93. The Morgan fingerprint density at radius 2 is 1.90 bits per heavy atom. The SMILES string of the molecule is COc1ccc(-c2oc3c(CC=C(C)C)c(OC4CC(O)CC(CO)O4)cc(O)c3c(=O)c2OCCO)cc1. The minimum Gasteiger partial charge on any atom is -0.507 e. The van der Waals surface area contributed by atoms with Crippen molar-refractivity contribution in [3.05, 3.63) is 57.8 Å². The Morgan fingerprint density at radius 1 is 1.15 bits per heavy atom. The van der Waals surface area contributed by atoms with Crippen LogP contribution in [0.15, 0.2) is 51.2 Å². The summed E-state index contributed by atoms with van der Waals surface area (Å²) < 4.78 is 29.0. The second-order valence-electron chi connectivity index (χ2n) is 9.57. The van der Waals surface area contributed by atoms with Crippen LogP contribution in [0.5, 0.6) is 23.0 Å². The third-order valence-corrected chi connectivity index (χ3v) is 6.38. The largest absolute Gasteiger partial charge is 0.507 e. The van der Waals surface area contributed by atoms with Gasteiger partial charge in [-0.05, 0) is 44.5 Å². The molecule has 0 amide bonds. The summed E-state index contributed by atoms with van der Waals surface area (Å²) in [5.41, 5.74) is 1.50. The molecule has 1 fully saturated rings. The summed E-state index contributed by atoms with van der Waals surface area (Å²) in [4.78, 5) is 13.7. The number of ether oxygens (including phenoxy) is 4. The number of aliphatic hydroxyl groups is 3. The lowest BCUT2D eigenvalue weighted by molar-refractivity contribution is -0.184. The summed E-state index contributed by atoms with van der Waals surface area (Å²) in [5, 5.41) is 40.0. The van der Waals surface area contributed by atoms with Gasteiger partial charge in [-0.2, -0.15) is 0 Å². The van der Waals surface area contributed by atoms with Gasteiger partial charge >= 0.3 is 0 Å². The Morgan fingerprint density at radius 3 is 2.54 bits per heavy atom. The van der Waals surface area contributed by atoms with Crippen LogP contribution in [0.2, 0.25) is 0 Å². The molecule has 2 aromatic carbocycles. The number of rotatable bonds is 10. The highest BCUT2D eigenvalue weighted by atomic mass is 16.7. The van der Waals surface area contributed by atoms with Gasteiger partial charge in [0.2, 0.25) is 17.5 Å². The first-order valence-electron chi connectivity index (χ1n) is 12.7. The summed E-state index contributed by atoms with van der Waals surface area (Å²) in [6.07, 6.45) is 0.437. The lowest BCUT2D eigenvalue weighted by Crippen LogP contribution is -2.40. The van der Waals surface area contributed by atoms with Crippen LogP contribution in [0.3, 0.4) is 0 Å². The second-order valence-corrected chi connectivity index (χ2v) is 9.57. The van der Waals surface area contributed by atoms with Gasteiger partial charge in [-0.3, -0.25) is 4.79 Å². The zero-order chi connectivity index (χ0) is 28.1. The Labute approximate surface area is 225 Å². The molecule has 0 spiro atoms. The summed E-state index contributed by atoms with van der Waals surface area (Å²) in [5.74, 6) is 0.390. The van der Waals surface area contributed by atoms with E-state index in [0.717, 1.165) is 5.57 Å². The van der Waals surface area contributed by atoms with Crippen molar-refractivity contribution < 1.29 is 43.8 Å². The van der Waals surface area contributed by atoms with E-state index in [1.54, 1.807) is 31.4 Å². The standard InChI is InChI=1S/C29H34O10/c1-16(2)4-9-21-23(38-24-13-18(32)12-20(15-31)37-24)14-22(33)25-26(34)29(36-11-10-30)27(39-28(21)25)17-5-7-19(35-3)8-6-17/h4-8,14,18,20,24,30-33H,9-13,15H2,1-3H3. The molecule has 0 saturated carbocycles. The molecule has 1 aromatic heterocycles. The van der Waals surface area contributed by atoms with Crippen molar-refractivity contribution in [2.75, 3.05) is 26.9 Å². The molecule has 39 heavy (non-hydrogen) atoms. The van der Waals surface area contributed by atoms with Crippen LogP contribution in [0, 0.1) is 0 Å². The van der Waals surface area contributed by atoms with Crippen molar-refractivity contribution in [3.63, 3.8) is 0 Å². The highest BCUT2D eigenvalue weighted by molar-refractivity contribution is 5.91. The van der Waals surface area contributed by atoms with E-state index in [1.165, 1.54) is 6.07 Å². The van der Waals surface area contributed by atoms with Crippen LogP contribution < -0.4 is 19.6 Å². The summed E-state index contributed by atoms with van der Waals surface area (Å²) >= 11 is 0. The molecule has 4 N–H and O–H groups in total. The fourth-order valence-corrected chi connectivity index (χ4v) is 4.46. The van der Waals surface area contributed by atoms with E-state index in [-0.39, 0.29) is 66.6 Å². The van der Waals surface area contributed by atoms with Gasteiger partial charge in [0, 0.05) is 30.0 Å². The second kappa shape index (κ2) is 12.5. The normalized spacial score (nSPS) is 19.1. The van der Waals surface area contributed by atoms with Crippen molar-refractivity contribution in [1.82, 2.24) is 0 Å². The van der Waals surface area contributed by atoms with E-state index in [4.69, 9.17) is 23.4 Å². The first-order chi connectivity index (χ1) is 18.7. The molecule has 0 bridgehead atoms. The van der Waals surface area contributed by atoms with E-state index < -0.39 is 23.9 Å². The van der Waals surface area contributed by atoms with E-state index in [2.05, 4.69) is 0 Å². The third kappa shape index (κ3) is 6.36. The number of aliphatic hydroxyl groups excluding tert-OH is 3. The Hall–Kier alpha value is -3.57. The molecule has 1 aliphatic heterocycles. The van der Waals surface area contributed by atoms with Crippen molar-refractivity contribution in [2.24, 2.45) is 0 Å². The van der Waals surface area contributed by atoms with Crippen LogP contribution in [-0.4, -0.2) is 65.9 Å². The topological polar surface area (TPSA) is 148 Å². The molecule has 210 valence electrons. The summed E-state index contributed by atoms with van der Waals surface area (Å²) in [7, 11) is 1.54. The number of hydrogen-bond acceptors (Lipinski definition) is 10. The smallest absolute Gasteiger partial charge is 0.239 e. The molecule has 1 saturated heterocycles. The van der Waals surface area contributed by atoms with E-state index in [1.807, 2.05) is 19.9 Å². The zero-order valence-electron chi connectivity index (χ0n) is 22.2. The molecular formula is C29H34O10. The van der Waals surface area contributed by atoms with E-state index in [9.17, 15) is 25.2 Å². The molecule has 0 radical (unpaired) electrons. The molecule has 0 aliphatic carbocycles. The zero-order valence-corrected chi connectivity index (χ0v) is 22.2. The quantitative estimate of drug-likeness (QED) is 0.281. The molecule has 1 aliphatic rings. The van der Waals surface area contributed by atoms with Crippen LogP contribution in [0.4, 0.5) is 0 Å². The Kier molecular flexibility index (Phi) is 9.13. The van der Waals surface area contributed by atoms with Crippen molar-refractivity contribution >= 4 is 11.0 Å². The van der Waals surface area contributed by atoms with Gasteiger partial charge in [-0.1, -0.05) is 11.6 Å². The number of benzene rings is 2. The molecule has 4 rings (SSSR count). The average molecular weight is 543 g/mol. The molecule has 3 atom stereocenters. The molecule has 3 unspecified atom stereocenters. The van der Waals surface area contributed by atoms with Gasteiger partial charge in [0.25, 0.3) is 0 Å². The molecule has 10 heteroatoms. The van der Waals surface area contributed by atoms with Crippen molar-refractivity contribution in [1.29, 1.82) is 0 Å². The number of phenolic OH excluding ortho intramolecular Hbond substituents is 1. The van der Waals surface area contributed by atoms with Gasteiger partial charge in [0.05, 0.1) is 32.5 Å². The lowest BCUT2D eigenvalue weighted by Gasteiger charge is -2.32. The maximum absolute atomic E-state index is 13.7. The number of phenols is 1. The van der Waals surface area contributed by atoms with Crippen LogP contribution >= 0.6 is 0 Å². The Bertz CT molecular complexity index is 1370. The predicted octanol–water partition coefficient (Wildman–Crippen LogP) is 3.29. The van der Waals surface area contributed by atoms with Gasteiger partial charge in [-0.25, -0.2) is 0 Å². The maximum atomic E-state index is 13.7. The van der Waals surface area contributed by atoms with Gasteiger partial charge < -0.3 is 43.8 Å². The van der Waals surface area contributed by atoms with Gasteiger partial charge in [0.15, 0.2) is 5.76 Å². The highest BCUT2D eigenvalue weighted by Crippen LogP contribution is 2.40. The number of allylic oxidation sites excluding steroid dienone is 2. The molecular weight excluding hydrogens is 508 g/mol. The van der Waals surface area contributed by atoms with Crippen LogP contribution in [0.25, 0.3) is 22.3 Å².